The minimum absolute atomic E-state index is 0.0293. The molecule has 0 bridgehead atoms. The molecule has 0 spiro atoms. The van der Waals surface area contributed by atoms with Crippen LogP contribution in [0.1, 0.15) is 29.6 Å². The van der Waals surface area contributed by atoms with Crippen molar-refractivity contribution < 1.29 is 4.79 Å². The summed E-state index contributed by atoms with van der Waals surface area (Å²) in [7, 11) is 1.81. The number of nitrogens with one attached hydrogen (secondary N) is 2. The summed E-state index contributed by atoms with van der Waals surface area (Å²) in [6, 6.07) is 2.10. The van der Waals surface area contributed by atoms with Crippen LogP contribution in [0.2, 0.25) is 0 Å². The summed E-state index contributed by atoms with van der Waals surface area (Å²) in [5.74, 6) is -0.0293. The lowest BCUT2D eigenvalue weighted by Crippen LogP contribution is -2.38. The summed E-state index contributed by atoms with van der Waals surface area (Å²) in [4.78, 5) is 16.3. The molecule has 0 aromatic carbocycles. The topological polar surface area (TPSA) is 54.0 Å². The molecule has 18 heavy (non-hydrogen) atoms. The molecule has 1 fully saturated rings. The van der Waals surface area contributed by atoms with E-state index in [4.69, 9.17) is 0 Å². The van der Waals surface area contributed by atoms with Gasteiger partial charge in [-0.05, 0) is 25.2 Å². The van der Waals surface area contributed by atoms with E-state index in [-0.39, 0.29) is 11.9 Å². The number of thioether (sulfide) groups is 1. The largest absolute Gasteiger partial charge is 0.387 e. The average molecular weight is 265 g/mol. The van der Waals surface area contributed by atoms with E-state index in [0.717, 1.165) is 12.1 Å². The number of pyridine rings is 1. The van der Waals surface area contributed by atoms with E-state index in [1.54, 1.807) is 12.4 Å². The zero-order valence-electron chi connectivity index (χ0n) is 10.8. The summed E-state index contributed by atoms with van der Waals surface area (Å²) in [6.07, 6.45) is 8.87. The van der Waals surface area contributed by atoms with Crippen LogP contribution in [0.4, 0.5) is 5.69 Å². The molecule has 2 N–H and O–H groups in total. The van der Waals surface area contributed by atoms with Crippen LogP contribution in [0.3, 0.4) is 0 Å². The van der Waals surface area contributed by atoms with Crippen molar-refractivity contribution in [3.05, 3.63) is 24.0 Å². The molecular formula is C13H19N3OS. The van der Waals surface area contributed by atoms with E-state index in [1.807, 2.05) is 24.9 Å². The molecule has 2 rings (SSSR count). The van der Waals surface area contributed by atoms with Crippen molar-refractivity contribution in [1.29, 1.82) is 0 Å². The van der Waals surface area contributed by atoms with E-state index in [9.17, 15) is 4.79 Å². The van der Waals surface area contributed by atoms with Crippen molar-refractivity contribution >= 4 is 23.4 Å². The molecule has 2 atom stereocenters. The van der Waals surface area contributed by atoms with Crippen LogP contribution in [0.5, 0.6) is 0 Å². The predicted molar refractivity (Wildman–Crippen MR) is 76.2 cm³/mol. The number of nitrogens with zero attached hydrogens (tertiary/aromatic N) is 1. The van der Waals surface area contributed by atoms with Gasteiger partial charge in [0.05, 0.1) is 5.56 Å². The van der Waals surface area contributed by atoms with Crippen molar-refractivity contribution in [2.45, 2.75) is 30.6 Å². The molecule has 0 radical (unpaired) electrons. The zero-order valence-corrected chi connectivity index (χ0v) is 11.6. The van der Waals surface area contributed by atoms with Gasteiger partial charge in [0.1, 0.15) is 0 Å². The monoisotopic (exact) mass is 265 g/mol. The maximum atomic E-state index is 12.2. The van der Waals surface area contributed by atoms with E-state index in [0.29, 0.717) is 10.8 Å². The van der Waals surface area contributed by atoms with Crippen molar-refractivity contribution in [3.8, 4) is 0 Å². The SMILES string of the molecule is CNc1ccncc1C(=O)NC1CCCC1SC. The number of hydrogen-bond donors (Lipinski definition) is 2. The van der Waals surface area contributed by atoms with Crippen LogP contribution in [0, 0.1) is 0 Å². The molecule has 1 aromatic rings. The standard InChI is InChI=1S/C13H19N3OS/c1-14-10-6-7-15-8-9(10)13(17)16-11-4-3-5-12(11)18-2/h6-8,11-12H,3-5H2,1-2H3,(H,14,15)(H,16,17). The molecule has 1 aromatic heterocycles. The van der Waals surface area contributed by atoms with Crippen LogP contribution < -0.4 is 10.6 Å². The Bertz CT molecular complexity index is 424. The van der Waals surface area contributed by atoms with Gasteiger partial charge in [-0.25, -0.2) is 0 Å². The second-order valence-electron chi connectivity index (χ2n) is 4.46. The number of carbonyl (C=O) groups excluding carboxylic acids is 1. The van der Waals surface area contributed by atoms with E-state index >= 15 is 0 Å². The maximum Gasteiger partial charge on any atom is 0.255 e. The summed E-state index contributed by atoms with van der Waals surface area (Å²) < 4.78 is 0. The lowest BCUT2D eigenvalue weighted by Gasteiger charge is -2.19. The molecular weight excluding hydrogens is 246 g/mol. The van der Waals surface area contributed by atoms with Crippen LogP contribution in [0.15, 0.2) is 18.5 Å². The minimum atomic E-state index is -0.0293. The Labute approximate surface area is 112 Å². The predicted octanol–water partition coefficient (Wildman–Crippen LogP) is 2.14. The highest BCUT2D eigenvalue weighted by molar-refractivity contribution is 7.99. The van der Waals surface area contributed by atoms with Crippen molar-refractivity contribution in [1.82, 2.24) is 10.3 Å². The first kappa shape index (κ1) is 13.2. The fraction of sp³-hybridized carbons (Fsp3) is 0.538. The van der Waals surface area contributed by atoms with Gasteiger partial charge in [0.2, 0.25) is 0 Å². The summed E-state index contributed by atoms with van der Waals surface area (Å²) in [5.41, 5.74) is 1.44. The summed E-state index contributed by atoms with van der Waals surface area (Å²) in [6.45, 7) is 0. The third-order valence-corrected chi connectivity index (χ3v) is 4.58. The smallest absolute Gasteiger partial charge is 0.255 e. The van der Waals surface area contributed by atoms with Gasteiger partial charge in [0.25, 0.3) is 5.91 Å². The van der Waals surface area contributed by atoms with Crippen molar-refractivity contribution in [3.63, 3.8) is 0 Å². The number of rotatable bonds is 4. The quantitative estimate of drug-likeness (QED) is 0.876. The molecule has 1 amide bonds. The summed E-state index contributed by atoms with van der Waals surface area (Å²) in [5, 5.41) is 6.70. The Morgan fingerprint density at radius 3 is 3.06 bits per heavy atom. The lowest BCUT2D eigenvalue weighted by molar-refractivity contribution is 0.0939. The van der Waals surface area contributed by atoms with Crippen LogP contribution >= 0.6 is 11.8 Å². The van der Waals surface area contributed by atoms with Gasteiger partial charge in [0.15, 0.2) is 0 Å². The highest BCUT2D eigenvalue weighted by Gasteiger charge is 2.28. The molecule has 1 saturated carbocycles. The molecule has 0 saturated heterocycles. The Morgan fingerprint density at radius 2 is 2.33 bits per heavy atom. The third-order valence-electron chi connectivity index (χ3n) is 3.41. The van der Waals surface area contributed by atoms with E-state index in [2.05, 4.69) is 21.9 Å². The lowest BCUT2D eigenvalue weighted by atomic mass is 10.2. The summed E-state index contributed by atoms with van der Waals surface area (Å²) >= 11 is 1.84. The number of carbonyl (C=O) groups is 1. The van der Waals surface area contributed by atoms with Gasteiger partial charge < -0.3 is 10.6 Å². The second kappa shape index (κ2) is 6.09. The molecule has 1 aliphatic rings. The molecule has 5 heteroatoms. The second-order valence-corrected chi connectivity index (χ2v) is 5.53. The first-order valence-electron chi connectivity index (χ1n) is 6.21. The molecule has 1 aliphatic carbocycles. The Kier molecular flexibility index (Phi) is 4.47. The molecule has 1 heterocycles. The Morgan fingerprint density at radius 1 is 1.50 bits per heavy atom. The fourth-order valence-corrected chi connectivity index (χ4v) is 3.35. The van der Waals surface area contributed by atoms with Crippen molar-refractivity contribution in [2.75, 3.05) is 18.6 Å². The molecule has 2 unspecified atom stereocenters. The Hall–Kier alpha value is -1.23. The van der Waals surface area contributed by atoms with Crippen LogP contribution in [-0.2, 0) is 0 Å². The number of hydrogen-bond acceptors (Lipinski definition) is 4. The Balaban J connectivity index is 2.07. The number of aromatic nitrogens is 1. The van der Waals surface area contributed by atoms with Gasteiger partial charge >= 0.3 is 0 Å². The zero-order chi connectivity index (χ0) is 13.0. The number of anilines is 1. The highest BCUT2D eigenvalue weighted by Crippen LogP contribution is 2.28. The third kappa shape index (κ3) is 2.77. The normalized spacial score (nSPS) is 22.8. The molecule has 4 nitrogen and oxygen atoms in total. The highest BCUT2D eigenvalue weighted by atomic mass is 32.2. The van der Waals surface area contributed by atoms with Gasteiger partial charge in [0, 0.05) is 36.4 Å². The molecule has 98 valence electrons. The average Bonchev–Trinajstić information content (AvgIpc) is 2.85. The van der Waals surface area contributed by atoms with Gasteiger partial charge in [-0.3, -0.25) is 9.78 Å². The minimum Gasteiger partial charge on any atom is -0.387 e. The van der Waals surface area contributed by atoms with Gasteiger partial charge in [-0.1, -0.05) is 6.42 Å². The maximum absolute atomic E-state index is 12.2. The van der Waals surface area contributed by atoms with Gasteiger partial charge in [-0.15, -0.1) is 0 Å². The van der Waals surface area contributed by atoms with Crippen molar-refractivity contribution in [2.24, 2.45) is 0 Å². The molecule has 0 aliphatic heterocycles. The van der Waals surface area contributed by atoms with E-state index < -0.39 is 0 Å². The number of amides is 1. The first-order chi connectivity index (χ1) is 8.76. The van der Waals surface area contributed by atoms with Crippen LogP contribution in [0.25, 0.3) is 0 Å². The van der Waals surface area contributed by atoms with Crippen LogP contribution in [-0.4, -0.2) is 35.5 Å². The first-order valence-corrected chi connectivity index (χ1v) is 7.50. The van der Waals surface area contributed by atoms with Gasteiger partial charge in [-0.2, -0.15) is 11.8 Å². The van der Waals surface area contributed by atoms with E-state index in [1.165, 1.54) is 12.8 Å². The fourth-order valence-electron chi connectivity index (χ4n) is 2.41.